The van der Waals surface area contributed by atoms with E-state index in [1.165, 1.54) is 6.08 Å². The fourth-order valence-electron chi connectivity index (χ4n) is 1.25. The van der Waals surface area contributed by atoms with Crippen molar-refractivity contribution in [1.82, 2.24) is 0 Å². The maximum absolute atomic E-state index is 11.4. The number of rotatable bonds is 1. The van der Waals surface area contributed by atoms with Gasteiger partial charge in [-0.3, -0.25) is 9.59 Å². The van der Waals surface area contributed by atoms with Crippen LogP contribution in [0.15, 0.2) is 23.3 Å². The average molecular weight is 164 g/mol. The van der Waals surface area contributed by atoms with E-state index >= 15 is 0 Å². The van der Waals surface area contributed by atoms with Crippen molar-refractivity contribution in [2.75, 3.05) is 0 Å². The van der Waals surface area contributed by atoms with Crippen molar-refractivity contribution in [1.29, 1.82) is 0 Å². The lowest BCUT2D eigenvalue weighted by atomic mass is 10.0. The lowest BCUT2D eigenvalue weighted by molar-refractivity contribution is -0.115. The van der Waals surface area contributed by atoms with Crippen molar-refractivity contribution in [2.24, 2.45) is 5.92 Å². The smallest absolute Gasteiger partial charge is 0.192 e. The normalized spacial score (nSPS) is 21.0. The van der Waals surface area contributed by atoms with Crippen LogP contribution in [0.5, 0.6) is 0 Å². The Morgan fingerprint density at radius 2 is 1.92 bits per heavy atom. The van der Waals surface area contributed by atoms with Crippen molar-refractivity contribution in [3.05, 3.63) is 23.3 Å². The quantitative estimate of drug-likeness (QED) is 0.436. The highest BCUT2D eigenvalue weighted by Gasteiger charge is 2.28. The van der Waals surface area contributed by atoms with Gasteiger partial charge in [-0.15, -0.1) is 0 Å². The van der Waals surface area contributed by atoms with Crippen LogP contribution in [0.3, 0.4) is 0 Å². The molecule has 1 aliphatic carbocycles. The van der Waals surface area contributed by atoms with Gasteiger partial charge in [0, 0.05) is 5.57 Å². The molecular formula is C10H12O2. The molecule has 0 spiro atoms. The first-order chi connectivity index (χ1) is 5.57. The second kappa shape index (κ2) is 3.05. The first kappa shape index (κ1) is 8.91. The minimum absolute atomic E-state index is 0.0995. The predicted octanol–water partition coefficient (Wildman–Crippen LogP) is 1.67. The van der Waals surface area contributed by atoms with Crippen molar-refractivity contribution in [3.63, 3.8) is 0 Å². The van der Waals surface area contributed by atoms with E-state index < -0.39 is 0 Å². The zero-order valence-electron chi connectivity index (χ0n) is 7.55. The van der Waals surface area contributed by atoms with E-state index in [1.54, 1.807) is 13.0 Å². The summed E-state index contributed by atoms with van der Waals surface area (Å²) in [5, 5.41) is 0. The van der Waals surface area contributed by atoms with E-state index in [4.69, 9.17) is 0 Å². The molecule has 0 aromatic rings. The zero-order chi connectivity index (χ0) is 9.30. The molecule has 12 heavy (non-hydrogen) atoms. The second-order valence-corrected chi connectivity index (χ2v) is 3.15. The molecule has 0 aromatic heterocycles. The number of Topliss-reactive ketones (excluding diaryl/α,β-unsaturated/α-hetero) is 1. The van der Waals surface area contributed by atoms with Crippen LogP contribution in [0.2, 0.25) is 0 Å². The van der Waals surface area contributed by atoms with E-state index in [-0.39, 0.29) is 17.5 Å². The summed E-state index contributed by atoms with van der Waals surface area (Å²) in [6.45, 7) is 5.54. The summed E-state index contributed by atoms with van der Waals surface area (Å²) in [5.74, 6) is -0.109. The van der Waals surface area contributed by atoms with Gasteiger partial charge in [-0.05, 0) is 18.9 Å². The first-order valence-electron chi connectivity index (χ1n) is 4.04. The topological polar surface area (TPSA) is 34.1 Å². The van der Waals surface area contributed by atoms with Crippen LogP contribution >= 0.6 is 0 Å². The molecule has 1 aliphatic rings. The molecule has 64 valence electrons. The van der Waals surface area contributed by atoms with Gasteiger partial charge in [-0.2, -0.15) is 0 Å². The molecule has 0 heterocycles. The van der Waals surface area contributed by atoms with Gasteiger partial charge in [0.05, 0.1) is 5.57 Å². The van der Waals surface area contributed by atoms with Crippen LogP contribution in [0.25, 0.3) is 0 Å². The highest BCUT2D eigenvalue weighted by Crippen LogP contribution is 2.22. The molecule has 0 aliphatic heterocycles. The monoisotopic (exact) mass is 164 g/mol. The van der Waals surface area contributed by atoms with Gasteiger partial charge < -0.3 is 0 Å². The minimum Gasteiger partial charge on any atom is -0.289 e. The Kier molecular flexibility index (Phi) is 2.27. The number of ketones is 2. The standard InChI is InChI=1S/C10H12O2/c1-4-7-9(11)5-8(6(2)3)10(7)12/h4-6H,1-3H3/b7-4+. The molecule has 0 aromatic carbocycles. The number of hydrogen-bond acceptors (Lipinski definition) is 2. The van der Waals surface area contributed by atoms with E-state index in [0.29, 0.717) is 11.1 Å². The van der Waals surface area contributed by atoms with Crippen LogP contribution in [-0.4, -0.2) is 11.6 Å². The first-order valence-corrected chi connectivity index (χ1v) is 4.04. The van der Waals surface area contributed by atoms with Gasteiger partial charge in [0.25, 0.3) is 0 Å². The lowest BCUT2D eigenvalue weighted by Gasteiger charge is -2.02. The van der Waals surface area contributed by atoms with Crippen LogP contribution in [-0.2, 0) is 9.59 Å². The molecule has 0 bridgehead atoms. The second-order valence-electron chi connectivity index (χ2n) is 3.15. The number of carbonyl (C=O) groups excluding carboxylic acids is 2. The van der Waals surface area contributed by atoms with E-state index in [2.05, 4.69) is 0 Å². The van der Waals surface area contributed by atoms with Gasteiger partial charge in [0.2, 0.25) is 0 Å². The van der Waals surface area contributed by atoms with Crippen LogP contribution in [0.4, 0.5) is 0 Å². The molecule has 0 saturated heterocycles. The summed E-state index contributed by atoms with van der Waals surface area (Å²) >= 11 is 0. The molecule has 0 N–H and O–H groups in total. The van der Waals surface area contributed by atoms with Crippen molar-refractivity contribution in [3.8, 4) is 0 Å². The Balaban J connectivity index is 3.05. The molecular weight excluding hydrogens is 152 g/mol. The molecule has 2 nitrogen and oxygen atoms in total. The molecule has 0 atom stereocenters. The molecule has 1 rings (SSSR count). The van der Waals surface area contributed by atoms with Gasteiger partial charge in [-0.25, -0.2) is 0 Å². The highest BCUT2D eigenvalue weighted by molar-refractivity contribution is 6.35. The predicted molar refractivity (Wildman–Crippen MR) is 46.7 cm³/mol. The van der Waals surface area contributed by atoms with E-state index in [1.807, 2.05) is 13.8 Å². The van der Waals surface area contributed by atoms with Crippen LogP contribution in [0, 0.1) is 5.92 Å². The number of carbonyl (C=O) groups is 2. The third-order valence-electron chi connectivity index (χ3n) is 1.97. The molecule has 2 heteroatoms. The van der Waals surface area contributed by atoms with Crippen LogP contribution < -0.4 is 0 Å². The fraction of sp³-hybridized carbons (Fsp3) is 0.400. The number of allylic oxidation sites excluding steroid dienone is 4. The summed E-state index contributed by atoms with van der Waals surface area (Å²) < 4.78 is 0. The van der Waals surface area contributed by atoms with Gasteiger partial charge in [0.15, 0.2) is 11.6 Å². The average Bonchev–Trinajstić information content (AvgIpc) is 2.27. The molecule has 0 saturated carbocycles. The Bertz CT molecular complexity index is 293. The Labute approximate surface area is 72.0 Å². The molecule has 0 unspecified atom stereocenters. The SMILES string of the molecule is C/C=C1\C(=O)C=C(C(C)C)C1=O. The molecule has 0 radical (unpaired) electrons. The van der Waals surface area contributed by atoms with Gasteiger partial charge in [-0.1, -0.05) is 19.9 Å². The fourth-order valence-corrected chi connectivity index (χ4v) is 1.25. The third kappa shape index (κ3) is 1.24. The van der Waals surface area contributed by atoms with Gasteiger partial charge in [0.1, 0.15) is 0 Å². The summed E-state index contributed by atoms with van der Waals surface area (Å²) in [5.41, 5.74) is 0.951. The van der Waals surface area contributed by atoms with Crippen molar-refractivity contribution in [2.45, 2.75) is 20.8 Å². The van der Waals surface area contributed by atoms with Crippen LogP contribution in [0.1, 0.15) is 20.8 Å². The van der Waals surface area contributed by atoms with Crippen molar-refractivity contribution >= 4 is 11.6 Å². The molecule has 0 fully saturated rings. The third-order valence-corrected chi connectivity index (χ3v) is 1.97. The van der Waals surface area contributed by atoms with E-state index in [9.17, 15) is 9.59 Å². The Hall–Kier alpha value is -1.18. The number of hydrogen-bond donors (Lipinski definition) is 0. The Morgan fingerprint density at radius 3 is 2.17 bits per heavy atom. The maximum atomic E-state index is 11.4. The van der Waals surface area contributed by atoms with Gasteiger partial charge >= 0.3 is 0 Å². The molecule has 0 amide bonds. The largest absolute Gasteiger partial charge is 0.289 e. The van der Waals surface area contributed by atoms with Crippen molar-refractivity contribution < 1.29 is 9.59 Å². The Morgan fingerprint density at radius 1 is 1.33 bits per heavy atom. The minimum atomic E-state index is -0.147. The summed E-state index contributed by atoms with van der Waals surface area (Å²) in [7, 11) is 0. The zero-order valence-corrected chi connectivity index (χ0v) is 7.55. The summed E-state index contributed by atoms with van der Waals surface area (Å²) in [6, 6.07) is 0. The van der Waals surface area contributed by atoms with E-state index in [0.717, 1.165) is 0 Å². The maximum Gasteiger partial charge on any atom is 0.192 e. The highest BCUT2D eigenvalue weighted by atomic mass is 16.2. The summed E-state index contributed by atoms with van der Waals surface area (Å²) in [6.07, 6.45) is 3.03. The summed E-state index contributed by atoms with van der Waals surface area (Å²) in [4.78, 5) is 22.6. The lowest BCUT2D eigenvalue weighted by Crippen LogP contribution is -2.06.